The van der Waals surface area contributed by atoms with Crippen molar-refractivity contribution in [2.45, 2.75) is 78.7 Å². The Morgan fingerprint density at radius 2 is 1.10 bits per heavy atom. The smallest absolute Gasteiger partial charge is 0.410 e. The number of aromatic carboxylic acids is 1. The quantitative estimate of drug-likeness (QED) is 0.375. The van der Waals surface area contributed by atoms with E-state index in [1.807, 2.05) is 53.7 Å². The SMILES string of the molecule is CC(C)(C)OC(=O)N1CCc2cc(C(=O)O)ccc2C1.COC(=O)c1ccc2c(c1)CCN(C(=O)OC(C)(C)C)C2. The van der Waals surface area contributed by atoms with Gasteiger partial charge in [0, 0.05) is 26.2 Å². The number of ether oxygens (including phenoxy) is 3. The maximum absolute atomic E-state index is 12.1. The van der Waals surface area contributed by atoms with Gasteiger partial charge < -0.3 is 29.1 Å². The Bertz CT molecular complexity index is 1310. The van der Waals surface area contributed by atoms with Crippen molar-refractivity contribution in [3.63, 3.8) is 0 Å². The second kappa shape index (κ2) is 12.6. The van der Waals surface area contributed by atoms with Crippen LogP contribution in [0, 0.1) is 0 Å². The number of hydrogen-bond acceptors (Lipinski definition) is 7. The van der Waals surface area contributed by atoms with Gasteiger partial charge in [0.05, 0.1) is 18.2 Å². The predicted molar refractivity (Wildman–Crippen MR) is 152 cm³/mol. The molecule has 222 valence electrons. The highest BCUT2D eigenvalue weighted by molar-refractivity contribution is 5.89. The Morgan fingerprint density at radius 3 is 1.49 bits per heavy atom. The summed E-state index contributed by atoms with van der Waals surface area (Å²) in [5.74, 6) is -1.27. The summed E-state index contributed by atoms with van der Waals surface area (Å²) >= 11 is 0. The summed E-state index contributed by atoms with van der Waals surface area (Å²) < 4.78 is 15.4. The molecule has 0 spiro atoms. The molecule has 10 nitrogen and oxygen atoms in total. The third kappa shape index (κ3) is 8.96. The third-order valence-corrected chi connectivity index (χ3v) is 6.41. The summed E-state index contributed by atoms with van der Waals surface area (Å²) in [5, 5.41) is 8.97. The standard InChI is InChI=1S/C16H21NO4.C15H19NO4/c1-16(2,3)21-15(19)17-8-7-11-9-12(14(18)20-4)5-6-13(11)10-17;1-15(2,3)20-14(19)16-7-6-10-8-11(13(17)18)4-5-12(10)9-16/h5-6,9H,7-8,10H2,1-4H3;4-5,8H,6-7,9H2,1-3H3,(H,17,18). The van der Waals surface area contributed by atoms with Crippen LogP contribution in [0.25, 0.3) is 0 Å². The van der Waals surface area contributed by atoms with E-state index in [0.717, 1.165) is 22.3 Å². The lowest BCUT2D eigenvalue weighted by molar-refractivity contribution is 0.0214. The number of rotatable bonds is 2. The topological polar surface area (TPSA) is 123 Å². The van der Waals surface area contributed by atoms with Gasteiger partial charge in [-0.3, -0.25) is 0 Å². The molecule has 2 aliphatic rings. The van der Waals surface area contributed by atoms with Crippen LogP contribution in [0.15, 0.2) is 36.4 Å². The molecule has 0 saturated carbocycles. The van der Waals surface area contributed by atoms with E-state index in [4.69, 9.17) is 19.3 Å². The van der Waals surface area contributed by atoms with Gasteiger partial charge in [-0.1, -0.05) is 12.1 Å². The van der Waals surface area contributed by atoms with Crippen LogP contribution in [0.3, 0.4) is 0 Å². The summed E-state index contributed by atoms with van der Waals surface area (Å²) in [6.45, 7) is 13.2. The lowest BCUT2D eigenvalue weighted by Gasteiger charge is -2.31. The molecule has 0 unspecified atom stereocenters. The Balaban J connectivity index is 0.000000226. The van der Waals surface area contributed by atoms with Gasteiger partial charge in [-0.25, -0.2) is 19.2 Å². The predicted octanol–water partition coefficient (Wildman–Crippen LogP) is 5.44. The summed E-state index contributed by atoms with van der Waals surface area (Å²) in [4.78, 5) is 49.9. The fourth-order valence-corrected chi connectivity index (χ4v) is 4.45. The molecule has 2 aromatic rings. The molecule has 0 radical (unpaired) electrons. The largest absolute Gasteiger partial charge is 0.478 e. The minimum absolute atomic E-state index is 0.287. The first kappa shape index (κ1) is 31.4. The highest BCUT2D eigenvalue weighted by atomic mass is 16.6. The van der Waals surface area contributed by atoms with Gasteiger partial charge in [-0.15, -0.1) is 0 Å². The van der Waals surface area contributed by atoms with Gasteiger partial charge in [-0.05, 0) is 101 Å². The van der Waals surface area contributed by atoms with Crippen LogP contribution in [0.4, 0.5) is 9.59 Å². The van der Waals surface area contributed by atoms with Gasteiger partial charge >= 0.3 is 24.1 Å². The number of benzene rings is 2. The van der Waals surface area contributed by atoms with Gasteiger partial charge in [0.25, 0.3) is 0 Å². The monoisotopic (exact) mass is 568 g/mol. The van der Waals surface area contributed by atoms with Gasteiger partial charge in [0.15, 0.2) is 0 Å². The Labute approximate surface area is 241 Å². The number of amides is 2. The summed E-state index contributed by atoms with van der Waals surface area (Å²) in [7, 11) is 1.37. The molecule has 0 atom stereocenters. The van der Waals surface area contributed by atoms with E-state index >= 15 is 0 Å². The fraction of sp³-hybridized carbons (Fsp3) is 0.484. The molecule has 10 heteroatoms. The van der Waals surface area contributed by atoms with Crippen LogP contribution in [0.1, 0.15) is 84.5 Å². The van der Waals surface area contributed by atoms with Crippen molar-refractivity contribution in [2.75, 3.05) is 20.2 Å². The van der Waals surface area contributed by atoms with E-state index in [1.54, 1.807) is 34.1 Å². The molecule has 0 aliphatic carbocycles. The van der Waals surface area contributed by atoms with E-state index in [-0.39, 0.29) is 23.7 Å². The van der Waals surface area contributed by atoms with Crippen molar-refractivity contribution < 1.29 is 38.5 Å². The van der Waals surface area contributed by atoms with Crippen molar-refractivity contribution in [1.82, 2.24) is 9.80 Å². The van der Waals surface area contributed by atoms with Crippen LogP contribution in [0.5, 0.6) is 0 Å². The first-order valence-corrected chi connectivity index (χ1v) is 13.6. The van der Waals surface area contributed by atoms with E-state index in [9.17, 15) is 19.2 Å². The summed E-state index contributed by atoms with van der Waals surface area (Å²) in [6, 6.07) is 10.5. The van der Waals surface area contributed by atoms with Gasteiger partial charge in [0.2, 0.25) is 0 Å². The molecular formula is C31H40N2O8. The number of methoxy groups -OCH3 is 1. The zero-order chi connectivity index (χ0) is 30.5. The molecule has 2 amide bonds. The number of nitrogens with zero attached hydrogens (tertiary/aromatic N) is 2. The maximum Gasteiger partial charge on any atom is 0.410 e. The number of carbonyl (C=O) groups excluding carboxylic acids is 3. The maximum atomic E-state index is 12.1. The average Bonchev–Trinajstić information content (AvgIpc) is 2.89. The minimum Gasteiger partial charge on any atom is -0.478 e. The molecule has 2 heterocycles. The van der Waals surface area contributed by atoms with Crippen LogP contribution in [0.2, 0.25) is 0 Å². The number of carboxylic acid groups (broad SMARTS) is 1. The van der Waals surface area contributed by atoms with Gasteiger partial charge in [-0.2, -0.15) is 0 Å². The second-order valence-corrected chi connectivity index (χ2v) is 12.1. The first-order valence-electron chi connectivity index (χ1n) is 13.6. The Kier molecular flexibility index (Phi) is 9.68. The molecule has 2 aliphatic heterocycles. The van der Waals surface area contributed by atoms with Crippen molar-refractivity contribution in [3.8, 4) is 0 Å². The highest BCUT2D eigenvalue weighted by Crippen LogP contribution is 2.24. The molecule has 2 aromatic carbocycles. The molecule has 4 rings (SSSR count). The first-order chi connectivity index (χ1) is 19.1. The van der Waals surface area contributed by atoms with Gasteiger partial charge in [0.1, 0.15) is 11.2 Å². The number of fused-ring (bicyclic) bond motifs is 2. The molecule has 0 fully saturated rings. The van der Waals surface area contributed by atoms with E-state index in [1.165, 1.54) is 7.11 Å². The Morgan fingerprint density at radius 1 is 0.683 bits per heavy atom. The second-order valence-electron chi connectivity index (χ2n) is 12.1. The van der Waals surface area contributed by atoms with E-state index < -0.39 is 17.2 Å². The summed E-state index contributed by atoms with van der Waals surface area (Å²) in [5.41, 5.74) is 3.92. The van der Waals surface area contributed by atoms with Crippen molar-refractivity contribution in [3.05, 3.63) is 69.8 Å². The number of hydrogen-bond donors (Lipinski definition) is 1. The van der Waals surface area contributed by atoms with Crippen LogP contribution < -0.4 is 0 Å². The third-order valence-electron chi connectivity index (χ3n) is 6.41. The molecular weight excluding hydrogens is 528 g/mol. The van der Waals surface area contributed by atoms with Crippen molar-refractivity contribution in [1.29, 1.82) is 0 Å². The van der Waals surface area contributed by atoms with Crippen LogP contribution in [-0.4, -0.2) is 70.4 Å². The number of carboxylic acids is 1. The lowest BCUT2D eigenvalue weighted by atomic mass is 9.97. The highest BCUT2D eigenvalue weighted by Gasteiger charge is 2.27. The minimum atomic E-state index is -0.928. The number of esters is 1. The van der Waals surface area contributed by atoms with Crippen molar-refractivity contribution in [2.24, 2.45) is 0 Å². The van der Waals surface area contributed by atoms with Crippen molar-refractivity contribution >= 4 is 24.1 Å². The number of carbonyl (C=O) groups is 4. The van der Waals surface area contributed by atoms with E-state index in [2.05, 4.69) is 0 Å². The fourth-order valence-electron chi connectivity index (χ4n) is 4.45. The van der Waals surface area contributed by atoms with Crippen LogP contribution in [-0.2, 0) is 40.1 Å². The molecule has 0 aromatic heterocycles. The molecule has 1 N–H and O–H groups in total. The van der Waals surface area contributed by atoms with Crippen LogP contribution >= 0.6 is 0 Å². The molecule has 0 saturated heterocycles. The average molecular weight is 569 g/mol. The normalized spacial score (nSPS) is 14.5. The summed E-state index contributed by atoms with van der Waals surface area (Å²) in [6.07, 6.45) is 0.727. The Hall–Kier alpha value is -4.08. The van der Waals surface area contributed by atoms with E-state index in [0.29, 0.717) is 44.6 Å². The molecule has 41 heavy (non-hydrogen) atoms. The zero-order valence-corrected chi connectivity index (χ0v) is 24.9. The lowest BCUT2D eigenvalue weighted by Crippen LogP contribution is -2.39. The zero-order valence-electron chi connectivity index (χ0n) is 24.9. The molecule has 0 bridgehead atoms.